The number of carbonyl (C=O) groups excluding carboxylic acids is 2. The van der Waals surface area contributed by atoms with Gasteiger partial charge in [0, 0.05) is 0 Å². The molecule has 0 aliphatic rings. The average molecular weight is 348 g/mol. The molecule has 0 aromatic carbocycles. The van der Waals surface area contributed by atoms with E-state index in [1.165, 1.54) is 7.11 Å². The fourth-order valence-corrected chi connectivity index (χ4v) is 2.46. The van der Waals surface area contributed by atoms with Gasteiger partial charge in [0.25, 0.3) is 0 Å². The molecular formula is C12H20N4O4S2. The van der Waals surface area contributed by atoms with Crippen LogP contribution in [0, 0.1) is 3.95 Å². The maximum Gasteiger partial charge on any atom is 0.331 e. The zero-order valence-electron chi connectivity index (χ0n) is 13.1. The van der Waals surface area contributed by atoms with Crippen LogP contribution in [0.3, 0.4) is 0 Å². The number of urea groups is 1. The molecule has 8 nitrogen and oxygen atoms in total. The quantitative estimate of drug-likeness (QED) is 0.556. The minimum Gasteiger partial charge on any atom is -0.467 e. The van der Waals surface area contributed by atoms with Crippen molar-refractivity contribution in [3.8, 4) is 0 Å². The molecule has 0 spiro atoms. The molecule has 10 heteroatoms. The number of hydrogen-bond acceptors (Lipinski definition) is 7. The summed E-state index contributed by atoms with van der Waals surface area (Å²) in [5.41, 5.74) is -0.467. The van der Waals surface area contributed by atoms with Gasteiger partial charge in [-0.15, -0.1) is 5.10 Å². The highest BCUT2D eigenvalue weighted by molar-refractivity contribution is 7.73. The SMILES string of the molecule is COC(=O)[C@@H](NC(=O)Nc1n[nH]c(=S)s1)C(C)OC(C)(C)C. The van der Waals surface area contributed by atoms with Crippen LogP contribution in [-0.4, -0.2) is 47.1 Å². The number of hydrogen-bond donors (Lipinski definition) is 3. The zero-order valence-corrected chi connectivity index (χ0v) is 14.7. The predicted octanol–water partition coefficient (Wildman–Crippen LogP) is 2.07. The largest absolute Gasteiger partial charge is 0.467 e. The van der Waals surface area contributed by atoms with E-state index in [-0.39, 0.29) is 0 Å². The Labute approximate surface area is 137 Å². The van der Waals surface area contributed by atoms with Crippen molar-refractivity contribution < 1.29 is 19.1 Å². The van der Waals surface area contributed by atoms with Crippen LogP contribution in [0.25, 0.3) is 0 Å². The molecule has 0 fully saturated rings. The van der Waals surface area contributed by atoms with Crippen LogP contribution >= 0.6 is 23.6 Å². The molecule has 22 heavy (non-hydrogen) atoms. The highest BCUT2D eigenvalue weighted by Crippen LogP contribution is 2.15. The Hall–Kier alpha value is -1.52. The first-order valence-electron chi connectivity index (χ1n) is 6.51. The first kappa shape index (κ1) is 18.5. The Bertz CT molecular complexity index is 578. The number of ether oxygens (including phenoxy) is 2. The summed E-state index contributed by atoms with van der Waals surface area (Å²) < 4.78 is 10.8. The van der Waals surface area contributed by atoms with Gasteiger partial charge in [-0.3, -0.25) is 10.4 Å². The van der Waals surface area contributed by atoms with Gasteiger partial charge in [0.1, 0.15) is 0 Å². The minimum absolute atomic E-state index is 0.301. The molecule has 0 saturated heterocycles. The maximum absolute atomic E-state index is 12.0. The molecular weight excluding hydrogens is 328 g/mol. The van der Waals surface area contributed by atoms with Gasteiger partial charge < -0.3 is 14.8 Å². The van der Waals surface area contributed by atoms with Crippen LogP contribution in [0.4, 0.5) is 9.93 Å². The summed E-state index contributed by atoms with van der Waals surface area (Å²) in [4.78, 5) is 23.8. The maximum atomic E-state index is 12.0. The van der Waals surface area contributed by atoms with Gasteiger partial charge in [0.2, 0.25) is 5.13 Å². The Kier molecular flexibility index (Phi) is 6.45. The number of carbonyl (C=O) groups is 2. The number of aromatic amines is 1. The van der Waals surface area contributed by atoms with E-state index >= 15 is 0 Å². The van der Waals surface area contributed by atoms with Crippen molar-refractivity contribution in [3.63, 3.8) is 0 Å². The third-order valence-corrected chi connectivity index (χ3v) is 3.41. The average Bonchev–Trinajstić information content (AvgIpc) is 2.78. The molecule has 0 aliphatic carbocycles. The normalized spacial score (nSPS) is 14.0. The zero-order chi connectivity index (χ0) is 16.9. The number of H-pyrrole nitrogens is 1. The molecule has 0 bridgehead atoms. The van der Waals surface area contributed by atoms with Crippen molar-refractivity contribution >= 4 is 40.7 Å². The molecule has 0 saturated carbocycles. The third kappa shape index (κ3) is 6.08. The highest BCUT2D eigenvalue weighted by atomic mass is 32.1. The Morgan fingerprint density at radius 3 is 2.50 bits per heavy atom. The molecule has 1 aromatic heterocycles. The van der Waals surface area contributed by atoms with Gasteiger partial charge in [-0.05, 0) is 39.9 Å². The number of amides is 2. The second kappa shape index (κ2) is 7.65. The lowest BCUT2D eigenvalue weighted by Crippen LogP contribution is -2.52. The number of esters is 1. The number of methoxy groups -OCH3 is 1. The predicted molar refractivity (Wildman–Crippen MR) is 85.6 cm³/mol. The monoisotopic (exact) mass is 348 g/mol. The fraction of sp³-hybridized carbons (Fsp3) is 0.667. The molecule has 1 heterocycles. The van der Waals surface area contributed by atoms with Crippen molar-refractivity contribution in [1.29, 1.82) is 0 Å². The van der Waals surface area contributed by atoms with Crippen molar-refractivity contribution in [3.05, 3.63) is 3.95 Å². The number of anilines is 1. The Morgan fingerprint density at radius 2 is 2.05 bits per heavy atom. The molecule has 3 N–H and O–H groups in total. The number of nitrogens with zero attached hydrogens (tertiary/aromatic N) is 1. The van der Waals surface area contributed by atoms with Crippen LogP contribution in [-0.2, 0) is 14.3 Å². The van der Waals surface area contributed by atoms with Gasteiger partial charge in [-0.25, -0.2) is 9.59 Å². The van der Waals surface area contributed by atoms with Gasteiger partial charge in [-0.2, -0.15) is 0 Å². The van der Waals surface area contributed by atoms with E-state index in [4.69, 9.17) is 21.7 Å². The van der Waals surface area contributed by atoms with Crippen molar-refractivity contribution in [2.45, 2.75) is 45.4 Å². The Morgan fingerprint density at radius 1 is 1.41 bits per heavy atom. The first-order valence-corrected chi connectivity index (χ1v) is 7.73. The second-order valence-corrected chi connectivity index (χ2v) is 7.12. The summed E-state index contributed by atoms with van der Waals surface area (Å²) in [5, 5.41) is 11.6. The fourth-order valence-electron chi connectivity index (χ4n) is 1.68. The van der Waals surface area contributed by atoms with E-state index in [0.717, 1.165) is 11.3 Å². The molecule has 1 aromatic rings. The summed E-state index contributed by atoms with van der Waals surface area (Å²) in [5.74, 6) is -0.596. The van der Waals surface area contributed by atoms with Crippen molar-refractivity contribution in [2.75, 3.05) is 12.4 Å². The summed E-state index contributed by atoms with van der Waals surface area (Å²) >= 11 is 5.97. The summed E-state index contributed by atoms with van der Waals surface area (Å²) in [6.07, 6.45) is -0.574. The highest BCUT2D eigenvalue weighted by Gasteiger charge is 2.31. The molecule has 1 unspecified atom stereocenters. The third-order valence-electron chi connectivity index (χ3n) is 2.41. The summed E-state index contributed by atoms with van der Waals surface area (Å²) in [6.45, 7) is 7.25. The van der Waals surface area contributed by atoms with E-state index in [0.29, 0.717) is 9.09 Å². The molecule has 1 rings (SSSR count). The Balaban J connectivity index is 2.74. The van der Waals surface area contributed by atoms with E-state index in [1.807, 2.05) is 20.8 Å². The number of nitrogens with one attached hydrogen (secondary N) is 3. The van der Waals surface area contributed by atoms with Gasteiger partial charge in [0.15, 0.2) is 10.00 Å². The lowest BCUT2D eigenvalue weighted by molar-refractivity contribution is -0.150. The first-order chi connectivity index (χ1) is 10.1. The van der Waals surface area contributed by atoms with E-state index in [9.17, 15) is 9.59 Å². The van der Waals surface area contributed by atoms with Crippen LogP contribution in [0.1, 0.15) is 27.7 Å². The van der Waals surface area contributed by atoms with Crippen LogP contribution < -0.4 is 10.6 Å². The standard InChI is InChI=1S/C12H20N4O4S2/c1-6(20-12(2,3)4)7(8(17)19-5)13-9(18)14-10-15-16-11(21)22-10/h6-7H,1-5H3,(H,16,21)(H2,13,14,15,18)/t6?,7-/m0/s1. The second-order valence-electron chi connectivity index (χ2n) is 5.45. The smallest absolute Gasteiger partial charge is 0.331 e. The van der Waals surface area contributed by atoms with Gasteiger partial charge >= 0.3 is 12.0 Å². The topological polar surface area (TPSA) is 105 Å². The van der Waals surface area contributed by atoms with Gasteiger partial charge in [-0.1, -0.05) is 11.3 Å². The van der Waals surface area contributed by atoms with Crippen LogP contribution in [0.5, 0.6) is 0 Å². The molecule has 2 atom stereocenters. The van der Waals surface area contributed by atoms with Crippen molar-refractivity contribution in [1.82, 2.24) is 15.5 Å². The van der Waals surface area contributed by atoms with E-state index in [1.54, 1.807) is 6.92 Å². The van der Waals surface area contributed by atoms with Crippen LogP contribution in [0.15, 0.2) is 0 Å². The molecule has 2 amide bonds. The van der Waals surface area contributed by atoms with Crippen LogP contribution in [0.2, 0.25) is 0 Å². The number of aromatic nitrogens is 2. The molecule has 0 aliphatic heterocycles. The van der Waals surface area contributed by atoms with E-state index < -0.39 is 29.7 Å². The summed E-state index contributed by atoms with van der Waals surface area (Å²) in [6, 6.07) is -1.55. The molecule has 124 valence electrons. The van der Waals surface area contributed by atoms with Gasteiger partial charge in [0.05, 0.1) is 18.8 Å². The summed E-state index contributed by atoms with van der Waals surface area (Å²) in [7, 11) is 1.25. The number of rotatable bonds is 5. The lowest BCUT2D eigenvalue weighted by atomic mass is 10.1. The minimum atomic E-state index is -0.948. The lowest BCUT2D eigenvalue weighted by Gasteiger charge is -2.29. The van der Waals surface area contributed by atoms with Crippen molar-refractivity contribution in [2.24, 2.45) is 0 Å². The molecule has 0 radical (unpaired) electrons. The van der Waals surface area contributed by atoms with E-state index in [2.05, 4.69) is 20.8 Å².